The first-order valence-corrected chi connectivity index (χ1v) is 10.7. The van der Waals surface area contributed by atoms with Gasteiger partial charge in [0.1, 0.15) is 18.2 Å². The summed E-state index contributed by atoms with van der Waals surface area (Å²) < 4.78 is 24.9. The summed E-state index contributed by atoms with van der Waals surface area (Å²) >= 11 is 13.3. The van der Waals surface area contributed by atoms with Crippen LogP contribution in [-0.2, 0) is 33.3 Å². The summed E-state index contributed by atoms with van der Waals surface area (Å²) in [6.07, 6.45) is -3.95. The van der Waals surface area contributed by atoms with Gasteiger partial charge in [0.2, 0.25) is 5.28 Å². The van der Waals surface area contributed by atoms with Gasteiger partial charge in [-0.1, -0.05) is 0 Å². The smallest absolute Gasteiger partial charge is 0.303 e. The van der Waals surface area contributed by atoms with E-state index in [2.05, 4.69) is 36.8 Å². The van der Waals surface area contributed by atoms with Gasteiger partial charge in [0.15, 0.2) is 18.4 Å². The van der Waals surface area contributed by atoms with E-state index in [0.717, 1.165) is 4.47 Å². The van der Waals surface area contributed by atoms with E-state index >= 15 is 0 Å². The molecule has 9 nitrogen and oxygen atoms in total. The van der Waals surface area contributed by atoms with Crippen molar-refractivity contribution in [2.24, 2.45) is 0 Å². The molecule has 3 rings (SSSR count). The first kappa shape index (κ1) is 23.0. The van der Waals surface area contributed by atoms with E-state index in [1.807, 2.05) is 0 Å². The maximum Gasteiger partial charge on any atom is 0.303 e. The highest BCUT2D eigenvalue weighted by atomic mass is 79.9. The van der Waals surface area contributed by atoms with Gasteiger partial charge in [-0.3, -0.25) is 19.0 Å². The predicted molar refractivity (Wildman–Crippen MR) is 112 cm³/mol. The zero-order valence-corrected chi connectivity index (χ0v) is 20.0. The molecule has 0 N–H and O–H groups in total. The second-order valence-corrected chi connectivity index (χ2v) is 8.48. The number of fused-ring (bicyclic) bond motifs is 1. The number of aromatic nitrogens is 2. The van der Waals surface area contributed by atoms with E-state index in [1.54, 1.807) is 12.1 Å². The van der Waals surface area contributed by atoms with Crippen molar-refractivity contribution in [2.45, 2.75) is 45.3 Å². The van der Waals surface area contributed by atoms with E-state index in [9.17, 15) is 14.4 Å². The van der Waals surface area contributed by atoms with Crippen molar-refractivity contribution in [3.8, 4) is 0 Å². The third-order valence-electron chi connectivity index (χ3n) is 4.31. The molecule has 0 radical (unpaired) electrons. The molecule has 1 aliphatic rings. The normalized spacial score (nSPS) is 23.4. The summed E-state index contributed by atoms with van der Waals surface area (Å²) in [5.41, 5.74) is 1.14. The Hall–Kier alpha value is -1.69. The molecule has 0 amide bonds. The summed E-state index contributed by atoms with van der Waals surface area (Å²) in [5.74, 6) is -1.75. The van der Waals surface area contributed by atoms with Crippen molar-refractivity contribution >= 4 is 72.4 Å². The largest absolute Gasteiger partial charge is 0.463 e. The number of nitrogens with zero attached hydrogens (tertiary/aromatic N) is 2. The van der Waals surface area contributed by atoms with E-state index in [0.29, 0.717) is 15.5 Å². The van der Waals surface area contributed by atoms with Crippen LogP contribution in [-0.4, -0.2) is 52.4 Å². The van der Waals surface area contributed by atoms with E-state index in [4.69, 9.17) is 30.5 Å². The van der Waals surface area contributed by atoms with Crippen molar-refractivity contribution in [3.63, 3.8) is 0 Å². The van der Waals surface area contributed by atoms with Crippen LogP contribution in [0.3, 0.4) is 0 Å². The molecule has 1 saturated heterocycles. The molecule has 1 fully saturated rings. The standard InChI is InChI=1S/C18H17Br2ClN2O7/c1-7(24)27-6-12-15(28-8(2)25)16(29-9(3)26)17(30-12)23-11-5-4-10(19)13(20)14(11)22-18(23)21/h4-5,12,15-17H,6H2,1-3H3/t12-,15-,16-,17-/m1/s1. The summed E-state index contributed by atoms with van der Waals surface area (Å²) in [7, 11) is 0. The molecule has 0 bridgehead atoms. The second-order valence-electron chi connectivity index (χ2n) is 6.50. The van der Waals surface area contributed by atoms with Crippen LogP contribution in [0.2, 0.25) is 5.28 Å². The van der Waals surface area contributed by atoms with Crippen molar-refractivity contribution in [1.82, 2.24) is 9.55 Å². The molecule has 0 spiro atoms. The molecule has 0 unspecified atom stereocenters. The lowest BCUT2D eigenvalue weighted by Gasteiger charge is -2.24. The van der Waals surface area contributed by atoms with Gasteiger partial charge in [-0.15, -0.1) is 0 Å². The van der Waals surface area contributed by atoms with Gasteiger partial charge in [0, 0.05) is 25.2 Å². The van der Waals surface area contributed by atoms with Crippen molar-refractivity contribution in [3.05, 3.63) is 26.4 Å². The van der Waals surface area contributed by atoms with Gasteiger partial charge >= 0.3 is 17.9 Å². The molecule has 2 heterocycles. The number of rotatable bonds is 5. The number of hydrogen-bond donors (Lipinski definition) is 0. The molecule has 4 atom stereocenters. The van der Waals surface area contributed by atoms with Crippen molar-refractivity contribution in [1.29, 1.82) is 0 Å². The van der Waals surface area contributed by atoms with Gasteiger partial charge in [0.05, 0.1) is 9.99 Å². The molecule has 2 aromatic rings. The molecule has 1 aromatic carbocycles. The number of benzene rings is 1. The highest BCUT2D eigenvalue weighted by molar-refractivity contribution is 9.13. The fraction of sp³-hybridized carbons (Fsp3) is 0.444. The Morgan fingerprint density at radius 3 is 2.33 bits per heavy atom. The number of halogens is 3. The summed E-state index contributed by atoms with van der Waals surface area (Å²) in [6, 6.07) is 3.55. The quantitative estimate of drug-likeness (QED) is 0.399. The van der Waals surface area contributed by atoms with Gasteiger partial charge in [-0.2, -0.15) is 0 Å². The number of esters is 3. The van der Waals surface area contributed by atoms with Gasteiger partial charge in [-0.25, -0.2) is 4.98 Å². The molecular weight excluding hydrogens is 551 g/mol. The fourth-order valence-corrected chi connectivity index (χ4v) is 4.23. The summed E-state index contributed by atoms with van der Waals surface area (Å²) in [4.78, 5) is 39.1. The number of hydrogen-bond acceptors (Lipinski definition) is 8. The third-order valence-corrected chi connectivity index (χ3v) is 6.57. The number of ether oxygens (including phenoxy) is 4. The van der Waals surface area contributed by atoms with Crippen LogP contribution >= 0.6 is 43.5 Å². The summed E-state index contributed by atoms with van der Waals surface area (Å²) in [6.45, 7) is 3.48. The maximum atomic E-state index is 11.8. The Balaban J connectivity index is 2.09. The lowest BCUT2D eigenvalue weighted by Crippen LogP contribution is -2.40. The van der Waals surface area contributed by atoms with Crippen LogP contribution in [0.15, 0.2) is 21.1 Å². The Morgan fingerprint density at radius 1 is 1.10 bits per heavy atom. The predicted octanol–water partition coefficient (Wildman–Crippen LogP) is 3.54. The molecule has 1 aliphatic heterocycles. The Bertz CT molecular complexity index is 1010. The molecule has 12 heteroatoms. The van der Waals surface area contributed by atoms with E-state index < -0.39 is 42.4 Å². The van der Waals surface area contributed by atoms with Crippen molar-refractivity contribution < 1.29 is 33.3 Å². The monoisotopic (exact) mass is 566 g/mol. The van der Waals surface area contributed by atoms with Crippen molar-refractivity contribution in [2.75, 3.05) is 6.61 Å². The minimum atomic E-state index is -1.05. The summed E-state index contributed by atoms with van der Waals surface area (Å²) in [5, 5.41) is 0.0701. The zero-order valence-electron chi connectivity index (χ0n) is 16.1. The average Bonchev–Trinajstić information content (AvgIpc) is 3.13. The number of carbonyl (C=O) groups excluding carboxylic acids is 3. The minimum absolute atomic E-state index is 0.0701. The highest BCUT2D eigenvalue weighted by Gasteiger charge is 2.51. The topological polar surface area (TPSA) is 106 Å². The minimum Gasteiger partial charge on any atom is -0.463 e. The maximum absolute atomic E-state index is 11.8. The SMILES string of the molecule is CC(=O)OC[C@H]1O[C@@H](n2c(Cl)nc3c(Br)c(Br)ccc32)[C@H](OC(C)=O)[C@@H]1OC(C)=O. The Labute approximate surface area is 193 Å². The molecule has 1 aromatic heterocycles. The van der Waals surface area contributed by atoms with Crippen LogP contribution in [0.4, 0.5) is 0 Å². The van der Waals surface area contributed by atoms with Gasteiger partial charge < -0.3 is 18.9 Å². The Kier molecular flexibility index (Phi) is 7.05. The van der Waals surface area contributed by atoms with E-state index in [1.165, 1.54) is 25.3 Å². The highest BCUT2D eigenvalue weighted by Crippen LogP contribution is 2.40. The van der Waals surface area contributed by atoms with Crippen LogP contribution < -0.4 is 0 Å². The number of carbonyl (C=O) groups is 3. The van der Waals surface area contributed by atoms with Crippen LogP contribution in [0, 0.1) is 0 Å². The molecule has 0 aliphatic carbocycles. The third kappa shape index (κ3) is 4.63. The first-order valence-electron chi connectivity index (χ1n) is 8.74. The zero-order chi connectivity index (χ0) is 22.2. The Morgan fingerprint density at radius 2 is 1.73 bits per heavy atom. The van der Waals surface area contributed by atoms with Crippen LogP contribution in [0.25, 0.3) is 11.0 Å². The average molecular weight is 569 g/mol. The fourth-order valence-electron chi connectivity index (χ4n) is 3.22. The molecule has 0 saturated carbocycles. The molecule has 30 heavy (non-hydrogen) atoms. The van der Waals surface area contributed by atoms with Gasteiger partial charge in [-0.05, 0) is 55.6 Å². The lowest BCUT2D eigenvalue weighted by atomic mass is 10.1. The van der Waals surface area contributed by atoms with Gasteiger partial charge in [0.25, 0.3) is 0 Å². The lowest BCUT2D eigenvalue weighted by molar-refractivity contribution is -0.166. The number of imidazole rings is 1. The molecule has 162 valence electrons. The van der Waals surface area contributed by atoms with Crippen LogP contribution in [0.1, 0.15) is 27.0 Å². The van der Waals surface area contributed by atoms with E-state index in [-0.39, 0.29) is 11.9 Å². The second kappa shape index (κ2) is 9.21. The molecular formula is C18H17Br2ClN2O7. The van der Waals surface area contributed by atoms with Crippen LogP contribution in [0.5, 0.6) is 0 Å². The first-order chi connectivity index (χ1) is 14.1.